The van der Waals surface area contributed by atoms with Crippen molar-refractivity contribution < 1.29 is 52.4 Å². The molecule has 0 aromatic rings. The van der Waals surface area contributed by atoms with Crippen molar-refractivity contribution in [3.63, 3.8) is 0 Å². The van der Waals surface area contributed by atoms with E-state index in [0.29, 0.717) is 6.42 Å². The zero-order chi connectivity index (χ0) is 16.6. The van der Waals surface area contributed by atoms with Gasteiger partial charge >= 0.3 is 35.5 Å². The van der Waals surface area contributed by atoms with Crippen LogP contribution in [0.4, 0.5) is 0 Å². The minimum atomic E-state index is -3.92. The van der Waals surface area contributed by atoms with E-state index in [4.69, 9.17) is 18.1 Å². The number of hydrogen-bond acceptors (Lipinski definition) is 3. The number of unbranched alkanes of at least 4 members (excludes halogenated alkanes) is 10. The summed E-state index contributed by atoms with van der Waals surface area (Å²) in [5.41, 5.74) is 0. The Hall–Kier alpha value is 0.380. The van der Waals surface area contributed by atoms with Gasteiger partial charge in [0.2, 0.25) is 0 Å². The molecule has 0 amide bonds. The molecule has 0 fully saturated rings. The van der Waals surface area contributed by atoms with Crippen LogP contribution in [0.1, 0.15) is 84.0 Å². The number of aliphatic carboxylic acids is 1. The Morgan fingerprint density at radius 2 is 1.14 bits per heavy atom. The topological polar surface area (TPSA) is 91.7 Å². The van der Waals surface area contributed by atoms with Crippen LogP contribution in [0, 0.1) is 6.26 Å². The summed E-state index contributed by atoms with van der Waals surface area (Å²) in [6.07, 6.45) is 16.7. The van der Waals surface area contributed by atoms with Gasteiger partial charge in [0, 0.05) is 6.42 Å². The van der Waals surface area contributed by atoms with Crippen LogP contribution >= 0.6 is 0 Å². The van der Waals surface area contributed by atoms with E-state index in [1.54, 1.807) is 0 Å². The van der Waals surface area contributed by atoms with Crippen molar-refractivity contribution in [2.45, 2.75) is 84.0 Å². The minimum Gasteiger partial charge on any atom is -0.481 e. The van der Waals surface area contributed by atoms with Gasteiger partial charge in [-0.05, 0) is 6.42 Å². The molecule has 0 atom stereocenters. The van der Waals surface area contributed by atoms with E-state index >= 15 is 0 Å². The van der Waals surface area contributed by atoms with Gasteiger partial charge in [-0.2, -0.15) is 6.26 Å². The summed E-state index contributed by atoms with van der Waals surface area (Å²) in [5, 5.41) is 8.46. The largest absolute Gasteiger partial charge is 1.00 e. The molecule has 0 saturated heterocycles. The maximum absolute atomic E-state index is 10.3. The maximum Gasteiger partial charge on any atom is 1.00 e. The first-order valence-corrected chi connectivity index (χ1v) is 9.40. The van der Waals surface area contributed by atoms with Crippen LogP contribution < -0.4 is 29.6 Å². The second kappa shape index (κ2) is 19.4. The Morgan fingerprint density at radius 3 is 1.41 bits per heavy atom. The molecule has 0 saturated carbocycles. The number of carboxylic acid groups (broad SMARTS) is 1. The zero-order valence-corrected chi connectivity index (χ0v) is 17.0. The third-order valence-electron chi connectivity index (χ3n) is 2.99. The van der Waals surface area contributed by atoms with E-state index in [1.165, 1.54) is 57.8 Å². The third-order valence-corrected chi connectivity index (χ3v) is 2.99. The zero-order valence-electron chi connectivity index (χ0n) is 14.2. The number of hydrogen-bond donors (Lipinski definition) is 2. The molecule has 0 aromatic heterocycles. The normalized spacial score (nSPS) is 10.3. The minimum absolute atomic E-state index is 0. The summed E-state index contributed by atoms with van der Waals surface area (Å²) >= 11 is 0. The SMILES string of the molecule is CCCCCCCCCCCCCC(=O)O.[CH2-]S(=O)(=O)O.[Na+]. The molecule has 0 aliphatic rings. The molecule has 0 bridgehead atoms. The number of carboxylic acids is 1. The smallest absolute Gasteiger partial charge is 0.481 e. The molecule has 2 N–H and O–H groups in total. The Bertz CT molecular complexity index is 323. The van der Waals surface area contributed by atoms with E-state index in [2.05, 4.69) is 13.2 Å². The van der Waals surface area contributed by atoms with Gasteiger partial charge in [0.15, 0.2) is 0 Å². The van der Waals surface area contributed by atoms with Crippen molar-refractivity contribution >= 4 is 16.1 Å². The van der Waals surface area contributed by atoms with E-state index in [0.717, 1.165) is 12.8 Å². The first kappa shape index (κ1) is 27.2. The van der Waals surface area contributed by atoms with Gasteiger partial charge in [-0.3, -0.25) is 4.79 Å². The molecule has 128 valence electrons. The van der Waals surface area contributed by atoms with Gasteiger partial charge in [-0.1, -0.05) is 71.1 Å². The quantitative estimate of drug-likeness (QED) is 0.241. The van der Waals surface area contributed by atoms with Crippen molar-refractivity contribution in [2.24, 2.45) is 0 Å². The van der Waals surface area contributed by atoms with Crippen LogP contribution in [0.15, 0.2) is 0 Å². The fourth-order valence-electron chi connectivity index (χ4n) is 1.94. The Balaban J connectivity index is -0.000000520. The molecule has 22 heavy (non-hydrogen) atoms. The van der Waals surface area contributed by atoms with Gasteiger partial charge in [0.1, 0.15) is 10.1 Å². The van der Waals surface area contributed by atoms with Crippen LogP contribution in [0.2, 0.25) is 0 Å². The molecule has 0 rings (SSSR count). The van der Waals surface area contributed by atoms with Crippen LogP contribution in [-0.2, 0) is 14.9 Å². The number of carbonyl (C=O) groups is 1. The van der Waals surface area contributed by atoms with Crippen molar-refractivity contribution in [2.75, 3.05) is 0 Å². The van der Waals surface area contributed by atoms with Gasteiger partial charge in [-0.25, -0.2) is 8.42 Å². The Labute approximate surface area is 158 Å². The first-order chi connectivity index (χ1) is 9.77. The standard InChI is InChI=1S/C14H28O2.CH3O3S.Na/c1-2-3-4-5-6-7-8-9-10-11-12-13-14(15)16;1-5(2,3)4;/h2-13H2,1H3,(H,15,16);1H2,(H,2,3,4);/q;-1;+1. The molecule has 5 nitrogen and oxygen atoms in total. The molecule has 0 unspecified atom stereocenters. The first-order valence-electron chi connectivity index (χ1n) is 7.79. The fraction of sp³-hybridized carbons (Fsp3) is 0.867. The third kappa shape index (κ3) is 42.8. The average molecular weight is 346 g/mol. The molecule has 0 aliphatic carbocycles. The van der Waals surface area contributed by atoms with Crippen LogP contribution in [0.25, 0.3) is 0 Å². The van der Waals surface area contributed by atoms with E-state index < -0.39 is 16.1 Å². The second-order valence-electron chi connectivity index (χ2n) is 5.26. The summed E-state index contributed by atoms with van der Waals surface area (Å²) in [6.45, 7) is 2.25. The monoisotopic (exact) mass is 346 g/mol. The van der Waals surface area contributed by atoms with Crippen LogP contribution in [-0.4, -0.2) is 24.0 Å². The van der Waals surface area contributed by atoms with Crippen molar-refractivity contribution in [1.82, 2.24) is 0 Å². The van der Waals surface area contributed by atoms with Crippen molar-refractivity contribution in [1.29, 1.82) is 0 Å². The summed E-state index contributed by atoms with van der Waals surface area (Å²) in [7, 11) is -3.92. The maximum atomic E-state index is 10.3. The average Bonchev–Trinajstić information content (AvgIpc) is 2.33. The van der Waals surface area contributed by atoms with E-state index in [9.17, 15) is 4.79 Å². The Kier molecular flexibility index (Phi) is 24.1. The van der Waals surface area contributed by atoms with Gasteiger partial charge in [0.05, 0.1) is 0 Å². The van der Waals surface area contributed by atoms with E-state index in [-0.39, 0.29) is 29.6 Å². The molecule has 0 aromatic carbocycles. The summed E-state index contributed by atoms with van der Waals surface area (Å²) in [4.78, 5) is 10.3. The van der Waals surface area contributed by atoms with Gasteiger partial charge in [0.25, 0.3) is 0 Å². The second-order valence-corrected chi connectivity index (χ2v) is 6.43. The number of rotatable bonds is 12. The molecule has 7 heteroatoms. The molecule has 0 aliphatic heterocycles. The van der Waals surface area contributed by atoms with Crippen molar-refractivity contribution in [3.05, 3.63) is 6.26 Å². The predicted molar refractivity (Wildman–Crippen MR) is 85.6 cm³/mol. The molecule has 0 radical (unpaired) electrons. The summed E-state index contributed by atoms with van der Waals surface area (Å²) in [5.74, 6) is -0.657. The van der Waals surface area contributed by atoms with Gasteiger partial charge < -0.3 is 9.66 Å². The summed E-state index contributed by atoms with van der Waals surface area (Å²) < 4.78 is 25.5. The fourth-order valence-corrected chi connectivity index (χ4v) is 1.94. The Morgan fingerprint density at radius 1 is 0.864 bits per heavy atom. The van der Waals surface area contributed by atoms with Crippen LogP contribution in [0.5, 0.6) is 0 Å². The molecular formula is C15H31NaO5S. The summed E-state index contributed by atoms with van der Waals surface area (Å²) in [6, 6.07) is 0. The van der Waals surface area contributed by atoms with Crippen LogP contribution in [0.3, 0.4) is 0 Å². The molecule has 0 spiro atoms. The molecule has 0 heterocycles. The van der Waals surface area contributed by atoms with E-state index in [1.807, 2.05) is 0 Å². The predicted octanol–water partition coefficient (Wildman–Crippen LogP) is 1.44. The van der Waals surface area contributed by atoms with Gasteiger partial charge in [-0.15, -0.1) is 0 Å². The molecular weight excluding hydrogens is 315 g/mol. The van der Waals surface area contributed by atoms with Crippen molar-refractivity contribution in [3.8, 4) is 0 Å².